The second-order valence-corrected chi connectivity index (χ2v) is 6.66. The van der Waals surface area contributed by atoms with E-state index >= 15 is 0 Å². The first-order chi connectivity index (χ1) is 10.2. The van der Waals surface area contributed by atoms with E-state index in [0.29, 0.717) is 17.5 Å². The van der Waals surface area contributed by atoms with Crippen LogP contribution in [0, 0.1) is 6.92 Å². The summed E-state index contributed by atoms with van der Waals surface area (Å²) in [6, 6.07) is 2.40. The Kier molecular flexibility index (Phi) is 4.26. The molecule has 0 unspecified atom stereocenters. The smallest absolute Gasteiger partial charge is 0.261 e. The standard InChI is InChI=1S/C15H21N3O2S/c1-10-12-9-13(14(20)16-7-8-19)21-15(12)18(17-10)11-5-3-2-4-6-11/h9,11,19H,2-8H2,1H3,(H,16,20). The number of thiophene rings is 1. The SMILES string of the molecule is Cc1nn(C2CCCCC2)c2sc(C(=O)NCCO)cc12. The van der Waals surface area contributed by atoms with Crippen LogP contribution in [0.3, 0.4) is 0 Å². The fourth-order valence-electron chi connectivity index (χ4n) is 3.01. The number of rotatable bonds is 4. The van der Waals surface area contributed by atoms with Gasteiger partial charge in [-0.05, 0) is 25.8 Å². The van der Waals surface area contributed by atoms with Crippen LogP contribution in [-0.2, 0) is 0 Å². The predicted octanol–water partition coefficient (Wildman–Crippen LogP) is 2.63. The second kappa shape index (κ2) is 6.15. The third-order valence-electron chi connectivity index (χ3n) is 4.11. The molecule has 21 heavy (non-hydrogen) atoms. The fraction of sp³-hybridized carbons (Fsp3) is 0.600. The molecule has 2 aromatic heterocycles. The number of amides is 1. The number of aromatic nitrogens is 2. The van der Waals surface area contributed by atoms with E-state index in [9.17, 15) is 4.79 Å². The molecule has 0 radical (unpaired) electrons. The van der Waals surface area contributed by atoms with Crippen LogP contribution in [0.5, 0.6) is 0 Å². The van der Waals surface area contributed by atoms with Gasteiger partial charge in [0.25, 0.3) is 5.91 Å². The third kappa shape index (κ3) is 2.82. The Morgan fingerprint density at radius 1 is 1.48 bits per heavy atom. The monoisotopic (exact) mass is 307 g/mol. The minimum Gasteiger partial charge on any atom is -0.395 e. The Balaban J connectivity index is 1.91. The summed E-state index contributed by atoms with van der Waals surface area (Å²) in [6.07, 6.45) is 6.21. The average molecular weight is 307 g/mol. The third-order valence-corrected chi connectivity index (χ3v) is 5.23. The largest absolute Gasteiger partial charge is 0.395 e. The molecule has 1 fully saturated rings. The van der Waals surface area contributed by atoms with Crippen LogP contribution in [-0.4, -0.2) is 33.9 Å². The molecule has 2 N–H and O–H groups in total. The molecule has 0 aromatic carbocycles. The van der Waals surface area contributed by atoms with Crippen molar-refractivity contribution in [3.05, 3.63) is 16.6 Å². The summed E-state index contributed by atoms with van der Waals surface area (Å²) in [5, 5.41) is 17.3. The zero-order valence-corrected chi connectivity index (χ0v) is 13.1. The Morgan fingerprint density at radius 3 is 2.95 bits per heavy atom. The van der Waals surface area contributed by atoms with Gasteiger partial charge in [0.05, 0.1) is 23.2 Å². The molecule has 0 saturated heterocycles. The van der Waals surface area contributed by atoms with Crippen LogP contribution in [0.2, 0.25) is 0 Å². The summed E-state index contributed by atoms with van der Waals surface area (Å²) in [4.78, 5) is 13.8. The molecule has 2 heterocycles. The van der Waals surface area contributed by atoms with Gasteiger partial charge in [-0.15, -0.1) is 11.3 Å². The van der Waals surface area contributed by atoms with E-state index in [2.05, 4.69) is 10.00 Å². The van der Waals surface area contributed by atoms with E-state index in [-0.39, 0.29) is 12.5 Å². The van der Waals surface area contributed by atoms with E-state index in [0.717, 1.165) is 15.9 Å². The van der Waals surface area contributed by atoms with Crippen molar-refractivity contribution in [3.63, 3.8) is 0 Å². The first-order valence-electron chi connectivity index (χ1n) is 7.58. The maximum atomic E-state index is 12.0. The van der Waals surface area contributed by atoms with Crippen LogP contribution < -0.4 is 5.32 Å². The summed E-state index contributed by atoms with van der Waals surface area (Å²) < 4.78 is 2.14. The summed E-state index contributed by atoms with van der Waals surface area (Å²) in [5.74, 6) is -0.111. The molecule has 0 spiro atoms. The number of nitrogens with zero attached hydrogens (tertiary/aromatic N) is 2. The number of aryl methyl sites for hydroxylation is 1. The van der Waals surface area contributed by atoms with Crippen molar-refractivity contribution < 1.29 is 9.90 Å². The van der Waals surface area contributed by atoms with Crippen LogP contribution in [0.4, 0.5) is 0 Å². The molecule has 1 aliphatic rings. The molecule has 0 aliphatic heterocycles. The maximum absolute atomic E-state index is 12.0. The van der Waals surface area contributed by atoms with Crippen molar-refractivity contribution >= 4 is 27.5 Å². The number of aliphatic hydroxyl groups excluding tert-OH is 1. The minimum atomic E-state index is -0.111. The molecule has 114 valence electrons. The summed E-state index contributed by atoms with van der Waals surface area (Å²) >= 11 is 1.50. The summed E-state index contributed by atoms with van der Waals surface area (Å²) in [6.45, 7) is 2.26. The van der Waals surface area contributed by atoms with Crippen LogP contribution in [0.25, 0.3) is 10.2 Å². The topological polar surface area (TPSA) is 67.2 Å². The predicted molar refractivity (Wildman–Crippen MR) is 83.9 cm³/mol. The Bertz CT molecular complexity index is 641. The molecule has 0 atom stereocenters. The van der Waals surface area contributed by atoms with Gasteiger partial charge < -0.3 is 10.4 Å². The lowest BCUT2D eigenvalue weighted by Gasteiger charge is -2.22. The summed E-state index contributed by atoms with van der Waals surface area (Å²) in [5.41, 5.74) is 0.994. The lowest BCUT2D eigenvalue weighted by atomic mass is 9.96. The number of nitrogens with one attached hydrogen (secondary N) is 1. The van der Waals surface area contributed by atoms with Gasteiger partial charge in [0.1, 0.15) is 4.83 Å². The zero-order chi connectivity index (χ0) is 14.8. The normalized spacial score (nSPS) is 16.5. The van der Waals surface area contributed by atoms with Gasteiger partial charge in [-0.1, -0.05) is 19.3 Å². The lowest BCUT2D eigenvalue weighted by molar-refractivity contribution is 0.0949. The number of hydrogen-bond donors (Lipinski definition) is 2. The van der Waals surface area contributed by atoms with Gasteiger partial charge in [0.2, 0.25) is 0 Å². The minimum absolute atomic E-state index is 0.0362. The van der Waals surface area contributed by atoms with Gasteiger partial charge in [0.15, 0.2) is 0 Å². The van der Waals surface area contributed by atoms with E-state index in [1.165, 1.54) is 43.4 Å². The number of hydrogen-bond acceptors (Lipinski definition) is 4. The molecular formula is C15H21N3O2S. The van der Waals surface area contributed by atoms with Crippen molar-refractivity contribution in [2.24, 2.45) is 0 Å². The molecule has 1 aliphatic carbocycles. The highest BCUT2D eigenvalue weighted by molar-refractivity contribution is 7.20. The Labute approximate surface area is 128 Å². The van der Waals surface area contributed by atoms with Crippen LogP contribution in [0.1, 0.15) is 53.5 Å². The summed E-state index contributed by atoms with van der Waals surface area (Å²) in [7, 11) is 0. The van der Waals surface area contributed by atoms with Gasteiger partial charge in [0, 0.05) is 11.9 Å². The van der Waals surface area contributed by atoms with E-state index in [1.807, 2.05) is 13.0 Å². The molecule has 3 rings (SSSR count). The quantitative estimate of drug-likeness (QED) is 0.912. The highest BCUT2D eigenvalue weighted by atomic mass is 32.1. The zero-order valence-electron chi connectivity index (χ0n) is 12.3. The van der Waals surface area contributed by atoms with Gasteiger partial charge in [-0.3, -0.25) is 9.48 Å². The van der Waals surface area contributed by atoms with Gasteiger partial charge in [-0.25, -0.2) is 0 Å². The van der Waals surface area contributed by atoms with Crippen molar-refractivity contribution in [2.45, 2.75) is 45.1 Å². The number of fused-ring (bicyclic) bond motifs is 1. The first kappa shape index (κ1) is 14.5. The van der Waals surface area contributed by atoms with E-state index in [1.54, 1.807) is 0 Å². The molecule has 2 aromatic rings. The molecule has 5 nitrogen and oxygen atoms in total. The number of carbonyl (C=O) groups is 1. The van der Waals surface area contributed by atoms with Crippen molar-refractivity contribution in [1.82, 2.24) is 15.1 Å². The number of aliphatic hydroxyl groups is 1. The van der Waals surface area contributed by atoms with Crippen LogP contribution in [0.15, 0.2) is 6.07 Å². The van der Waals surface area contributed by atoms with Crippen LogP contribution >= 0.6 is 11.3 Å². The Hall–Kier alpha value is -1.40. The van der Waals surface area contributed by atoms with Gasteiger partial charge >= 0.3 is 0 Å². The molecule has 0 bridgehead atoms. The highest BCUT2D eigenvalue weighted by Gasteiger charge is 2.22. The first-order valence-corrected chi connectivity index (χ1v) is 8.40. The maximum Gasteiger partial charge on any atom is 0.261 e. The van der Waals surface area contributed by atoms with Crippen molar-refractivity contribution in [3.8, 4) is 0 Å². The molecule has 1 amide bonds. The lowest BCUT2D eigenvalue weighted by Crippen LogP contribution is -2.25. The van der Waals surface area contributed by atoms with Crippen molar-refractivity contribution in [2.75, 3.05) is 13.2 Å². The molecule has 1 saturated carbocycles. The Morgan fingerprint density at radius 2 is 2.24 bits per heavy atom. The van der Waals surface area contributed by atoms with E-state index < -0.39 is 0 Å². The number of carbonyl (C=O) groups excluding carboxylic acids is 1. The average Bonchev–Trinajstić information content (AvgIpc) is 3.07. The molecular weight excluding hydrogens is 286 g/mol. The van der Waals surface area contributed by atoms with Crippen molar-refractivity contribution in [1.29, 1.82) is 0 Å². The van der Waals surface area contributed by atoms with E-state index in [4.69, 9.17) is 10.2 Å². The van der Waals surface area contributed by atoms with Gasteiger partial charge in [-0.2, -0.15) is 5.10 Å². The highest BCUT2D eigenvalue weighted by Crippen LogP contribution is 2.35. The second-order valence-electron chi connectivity index (χ2n) is 5.63. The fourth-order valence-corrected chi connectivity index (χ4v) is 4.16. The molecule has 6 heteroatoms.